The third kappa shape index (κ3) is 7.78. The molecule has 2 unspecified atom stereocenters. The summed E-state index contributed by atoms with van der Waals surface area (Å²) in [7, 11) is 1.58. The molecule has 3 aliphatic rings. The molecule has 3 fully saturated rings. The average Bonchev–Trinajstić information content (AvgIpc) is 3.69. The summed E-state index contributed by atoms with van der Waals surface area (Å²) in [6.07, 6.45) is 4.37. The topological polar surface area (TPSA) is 160 Å². The number of likely N-dealkylation sites (tertiary alicyclic amines) is 1. The molecule has 3 aromatic rings. The van der Waals surface area contributed by atoms with E-state index in [1.165, 1.54) is 16.0 Å². The zero-order valence-electron chi connectivity index (χ0n) is 30.1. The van der Waals surface area contributed by atoms with Gasteiger partial charge in [-0.2, -0.15) is 0 Å². The number of ether oxygens (including phenoxy) is 3. The molecular formula is C39H47N5O8. The molecule has 2 heterocycles. The molecule has 276 valence electrons. The Balaban J connectivity index is 1.35. The summed E-state index contributed by atoms with van der Waals surface area (Å²) in [5, 5.41) is 14.8. The van der Waals surface area contributed by atoms with Crippen LogP contribution >= 0.6 is 0 Å². The Kier molecular flexibility index (Phi) is 10.3. The number of benzene rings is 2. The van der Waals surface area contributed by atoms with Crippen molar-refractivity contribution in [3.05, 3.63) is 67.3 Å². The van der Waals surface area contributed by atoms with Crippen molar-refractivity contribution >= 4 is 34.9 Å². The molecule has 2 aliphatic carbocycles. The van der Waals surface area contributed by atoms with Crippen molar-refractivity contribution in [3.8, 4) is 22.8 Å². The lowest BCUT2D eigenvalue weighted by atomic mass is 9.95. The molecule has 0 spiro atoms. The van der Waals surface area contributed by atoms with Gasteiger partial charge in [0.05, 0.1) is 30.9 Å². The fourth-order valence-corrected chi connectivity index (χ4v) is 7.17. The van der Waals surface area contributed by atoms with E-state index in [9.17, 15) is 24.3 Å². The zero-order valence-corrected chi connectivity index (χ0v) is 30.1. The van der Waals surface area contributed by atoms with Crippen LogP contribution in [0.5, 0.6) is 11.5 Å². The Labute approximate surface area is 303 Å². The van der Waals surface area contributed by atoms with Crippen LogP contribution in [0.15, 0.2) is 67.3 Å². The van der Waals surface area contributed by atoms with Crippen LogP contribution in [0.2, 0.25) is 0 Å². The Morgan fingerprint density at radius 3 is 2.42 bits per heavy atom. The molecule has 3 N–H and O–H groups in total. The van der Waals surface area contributed by atoms with Gasteiger partial charge >= 0.3 is 18.1 Å². The summed E-state index contributed by atoms with van der Waals surface area (Å²) in [5.74, 6) is -1.12. The van der Waals surface area contributed by atoms with Crippen LogP contribution in [0.25, 0.3) is 22.2 Å². The average molecular weight is 714 g/mol. The predicted octanol–water partition coefficient (Wildman–Crippen LogP) is 6.07. The molecule has 2 saturated carbocycles. The van der Waals surface area contributed by atoms with E-state index in [2.05, 4.69) is 17.3 Å². The molecule has 52 heavy (non-hydrogen) atoms. The highest BCUT2D eigenvalue weighted by Crippen LogP contribution is 2.45. The maximum atomic E-state index is 14.6. The highest BCUT2D eigenvalue weighted by molar-refractivity contribution is 5.95. The number of pyridine rings is 1. The molecule has 1 aromatic heterocycles. The number of fused-ring (bicyclic) bond motifs is 1. The van der Waals surface area contributed by atoms with Gasteiger partial charge in [0.15, 0.2) is 0 Å². The number of carbonyl (C=O) groups is 4. The first kappa shape index (κ1) is 36.5. The van der Waals surface area contributed by atoms with Crippen molar-refractivity contribution in [2.75, 3.05) is 13.7 Å². The number of carbonyl (C=O) groups excluding carboxylic acids is 3. The van der Waals surface area contributed by atoms with Gasteiger partial charge in [-0.1, -0.05) is 55.7 Å². The van der Waals surface area contributed by atoms with Crippen LogP contribution in [0, 0.1) is 5.92 Å². The summed E-state index contributed by atoms with van der Waals surface area (Å²) < 4.78 is 17.7. The lowest BCUT2D eigenvalue weighted by molar-refractivity contribution is -0.144. The van der Waals surface area contributed by atoms with E-state index >= 15 is 0 Å². The molecule has 1 aliphatic heterocycles. The monoisotopic (exact) mass is 713 g/mol. The highest BCUT2D eigenvalue weighted by atomic mass is 16.6. The van der Waals surface area contributed by atoms with E-state index in [0.29, 0.717) is 40.9 Å². The number of hydrogen-bond acceptors (Lipinski definition) is 8. The number of urea groups is 1. The number of aliphatic carboxylic acids is 1. The SMILES string of the molecule is C=C[C@@H]1CC1(NC(=O)[C@@H]1CC(Oc2cc(-c3ccccc3)nc3cc(OC)ccc23)CN1C(=O)N(NC(=O)OC(C)(C)C)C1CCCCC1)C(=O)O. The second kappa shape index (κ2) is 14.7. The molecule has 0 radical (unpaired) electrons. The van der Waals surface area contributed by atoms with E-state index < -0.39 is 53.2 Å². The zero-order chi connectivity index (χ0) is 37.2. The maximum Gasteiger partial charge on any atom is 0.426 e. The van der Waals surface area contributed by atoms with Gasteiger partial charge in [-0.25, -0.2) is 29.8 Å². The van der Waals surface area contributed by atoms with Gasteiger partial charge in [0, 0.05) is 35.4 Å². The number of aromatic nitrogens is 1. The van der Waals surface area contributed by atoms with Crippen LogP contribution in [0.4, 0.5) is 9.59 Å². The fraction of sp³-hybridized carbons (Fsp3) is 0.462. The summed E-state index contributed by atoms with van der Waals surface area (Å²) in [6.45, 7) is 8.92. The molecule has 13 nitrogen and oxygen atoms in total. The van der Waals surface area contributed by atoms with Gasteiger partial charge < -0.3 is 29.5 Å². The number of carboxylic acid groups (broad SMARTS) is 1. The number of nitrogens with zero attached hydrogens (tertiary/aromatic N) is 3. The second-order valence-electron chi connectivity index (χ2n) is 14.8. The lowest BCUT2D eigenvalue weighted by Crippen LogP contribution is -2.60. The molecule has 4 atom stereocenters. The normalized spacial score (nSPS) is 23.0. The van der Waals surface area contributed by atoms with E-state index in [1.54, 1.807) is 33.9 Å². The molecule has 13 heteroatoms. The minimum absolute atomic E-state index is 0.0122. The van der Waals surface area contributed by atoms with Crippen LogP contribution in [-0.4, -0.2) is 87.0 Å². The molecule has 1 saturated heterocycles. The first-order valence-electron chi connectivity index (χ1n) is 17.8. The van der Waals surface area contributed by atoms with Crippen LogP contribution in [-0.2, 0) is 14.3 Å². The van der Waals surface area contributed by atoms with Crippen molar-refractivity contribution < 1.29 is 38.5 Å². The number of carboxylic acids is 1. The number of hydrazine groups is 1. The van der Waals surface area contributed by atoms with E-state index in [0.717, 1.165) is 24.8 Å². The molecule has 6 rings (SSSR count). The van der Waals surface area contributed by atoms with Gasteiger partial charge in [0.25, 0.3) is 0 Å². The Hall–Kier alpha value is -5.33. The number of amides is 4. The van der Waals surface area contributed by atoms with Crippen molar-refractivity contribution in [2.24, 2.45) is 5.92 Å². The van der Waals surface area contributed by atoms with Crippen molar-refractivity contribution in [3.63, 3.8) is 0 Å². The van der Waals surface area contributed by atoms with Crippen molar-refractivity contribution in [2.45, 2.75) is 95.0 Å². The molecule has 4 amide bonds. The van der Waals surface area contributed by atoms with Crippen molar-refractivity contribution in [1.29, 1.82) is 0 Å². The number of rotatable bonds is 9. The predicted molar refractivity (Wildman–Crippen MR) is 194 cm³/mol. The quantitative estimate of drug-likeness (QED) is 0.177. The summed E-state index contributed by atoms with van der Waals surface area (Å²) in [6, 6.07) is 14.9. The van der Waals surface area contributed by atoms with Crippen LogP contribution < -0.4 is 20.2 Å². The standard InChI is InChI=1S/C39H47N5O8/c1-6-25-22-39(25,35(46)47)41-34(45)32-20-28(23-43(32)37(49)44(26-15-11-8-12-16-26)42-36(48)52-38(2,3)4)51-33-21-30(24-13-9-7-10-14-24)40-31-19-27(50-5)17-18-29(31)33/h6-7,9-10,13-14,17-19,21,25-26,28,32H,1,8,11-12,15-16,20,22-23H2,2-5H3,(H,41,45)(H,42,48)(H,46,47)/t25-,28?,32+,39?/m1/s1. The van der Waals surface area contributed by atoms with Gasteiger partial charge in [-0.15, -0.1) is 6.58 Å². The molecule has 2 aromatic carbocycles. The highest BCUT2D eigenvalue weighted by Gasteiger charge is 2.61. The van der Waals surface area contributed by atoms with E-state index in [-0.39, 0.29) is 25.4 Å². The van der Waals surface area contributed by atoms with Gasteiger partial charge in [0.2, 0.25) is 5.91 Å². The third-order valence-corrected chi connectivity index (χ3v) is 9.94. The number of methoxy groups -OCH3 is 1. The molecular weight excluding hydrogens is 666 g/mol. The smallest absolute Gasteiger partial charge is 0.426 e. The first-order valence-corrected chi connectivity index (χ1v) is 17.8. The minimum Gasteiger partial charge on any atom is -0.497 e. The summed E-state index contributed by atoms with van der Waals surface area (Å²) in [4.78, 5) is 60.4. The number of hydrogen-bond donors (Lipinski definition) is 3. The van der Waals surface area contributed by atoms with Crippen LogP contribution in [0.3, 0.4) is 0 Å². The van der Waals surface area contributed by atoms with Gasteiger partial charge in [0.1, 0.15) is 34.8 Å². The Morgan fingerprint density at radius 1 is 1.06 bits per heavy atom. The Bertz CT molecular complexity index is 1840. The largest absolute Gasteiger partial charge is 0.497 e. The van der Waals surface area contributed by atoms with E-state index in [4.69, 9.17) is 19.2 Å². The van der Waals surface area contributed by atoms with Gasteiger partial charge in [-0.3, -0.25) is 4.79 Å². The lowest BCUT2D eigenvalue weighted by Gasteiger charge is -2.38. The first-order chi connectivity index (χ1) is 24.8. The Morgan fingerprint density at radius 2 is 1.79 bits per heavy atom. The van der Waals surface area contributed by atoms with Crippen molar-refractivity contribution in [1.82, 2.24) is 25.6 Å². The van der Waals surface area contributed by atoms with E-state index in [1.807, 2.05) is 48.5 Å². The summed E-state index contributed by atoms with van der Waals surface area (Å²) in [5.41, 5.74) is 2.53. The number of nitrogens with one attached hydrogen (secondary N) is 2. The molecule has 0 bridgehead atoms. The summed E-state index contributed by atoms with van der Waals surface area (Å²) >= 11 is 0. The third-order valence-electron chi connectivity index (χ3n) is 9.94. The minimum atomic E-state index is -1.50. The second-order valence-corrected chi connectivity index (χ2v) is 14.8. The van der Waals surface area contributed by atoms with Crippen LogP contribution in [0.1, 0.15) is 65.7 Å². The fourth-order valence-electron chi connectivity index (χ4n) is 7.17. The maximum absolute atomic E-state index is 14.6. The van der Waals surface area contributed by atoms with Gasteiger partial charge in [-0.05, 0) is 52.2 Å².